The third kappa shape index (κ3) is 7.50. The highest BCUT2D eigenvalue weighted by Crippen LogP contribution is 2.28. The van der Waals surface area contributed by atoms with Gasteiger partial charge in [0.05, 0.1) is 5.69 Å². The van der Waals surface area contributed by atoms with Gasteiger partial charge in [0, 0.05) is 42.0 Å². The molecule has 1 amide bonds. The van der Waals surface area contributed by atoms with Crippen LogP contribution in [0.15, 0.2) is 24.8 Å². The lowest BCUT2D eigenvalue weighted by molar-refractivity contribution is -0.121. The third-order valence-corrected chi connectivity index (χ3v) is 4.54. The summed E-state index contributed by atoms with van der Waals surface area (Å²) in [5, 5.41) is 6.29. The van der Waals surface area contributed by atoms with Crippen molar-refractivity contribution >= 4 is 17.6 Å². The van der Waals surface area contributed by atoms with Crippen molar-refractivity contribution in [3.05, 3.63) is 47.2 Å². The van der Waals surface area contributed by atoms with Crippen LogP contribution in [0.1, 0.15) is 62.4 Å². The van der Waals surface area contributed by atoms with Crippen LogP contribution < -0.4 is 16.4 Å². The molecule has 0 spiro atoms. The molecular formula is C24H37N5O. The van der Waals surface area contributed by atoms with Crippen LogP contribution in [0.4, 0.5) is 5.95 Å². The van der Waals surface area contributed by atoms with Crippen LogP contribution in [0, 0.1) is 20.8 Å². The van der Waals surface area contributed by atoms with E-state index in [1.807, 2.05) is 33.8 Å². The van der Waals surface area contributed by atoms with E-state index >= 15 is 0 Å². The molecule has 2 aromatic rings. The summed E-state index contributed by atoms with van der Waals surface area (Å²) in [5.41, 5.74) is 12.7. The Labute approximate surface area is 181 Å². The first-order valence-electron chi connectivity index (χ1n) is 10.7. The Hall–Kier alpha value is -2.89. The lowest BCUT2D eigenvalue weighted by atomic mass is 9.96. The van der Waals surface area contributed by atoms with E-state index in [2.05, 4.69) is 53.2 Å². The highest BCUT2D eigenvalue weighted by atomic mass is 16.1. The number of nitrogens with one attached hydrogen (secondary N) is 2. The number of benzene rings is 1. The molecule has 0 aliphatic rings. The van der Waals surface area contributed by atoms with E-state index in [1.165, 1.54) is 0 Å². The number of hydrogen-bond acceptors (Lipinski definition) is 5. The molecule has 164 valence electrons. The number of nitrogen functional groups attached to an aromatic ring is 1. The van der Waals surface area contributed by atoms with E-state index in [0.717, 1.165) is 58.7 Å². The van der Waals surface area contributed by atoms with E-state index in [-0.39, 0.29) is 11.9 Å². The SMILES string of the molecule is C=C(NCCCNC(=O)CCC)c1cc(-c2cc(C)nc(N)n2)c(C)cc1C.CC. The molecule has 0 unspecified atom stereocenters. The molecule has 0 aliphatic heterocycles. The van der Waals surface area contributed by atoms with Crippen LogP contribution in [-0.2, 0) is 4.79 Å². The smallest absolute Gasteiger partial charge is 0.220 e. The molecular weight excluding hydrogens is 374 g/mol. The first-order valence-corrected chi connectivity index (χ1v) is 10.7. The van der Waals surface area contributed by atoms with Crippen molar-refractivity contribution in [1.82, 2.24) is 20.6 Å². The zero-order chi connectivity index (χ0) is 22.7. The zero-order valence-electron chi connectivity index (χ0n) is 19.4. The Morgan fingerprint density at radius 3 is 2.33 bits per heavy atom. The van der Waals surface area contributed by atoms with Crippen molar-refractivity contribution in [3.8, 4) is 11.3 Å². The minimum Gasteiger partial charge on any atom is -0.385 e. The van der Waals surface area contributed by atoms with Crippen LogP contribution in [0.3, 0.4) is 0 Å². The molecule has 0 fully saturated rings. The maximum absolute atomic E-state index is 11.5. The van der Waals surface area contributed by atoms with Crippen LogP contribution in [0.2, 0.25) is 0 Å². The fraction of sp³-hybridized carbons (Fsp3) is 0.458. The molecule has 30 heavy (non-hydrogen) atoms. The molecule has 2 rings (SSSR count). The first-order chi connectivity index (χ1) is 14.3. The minimum absolute atomic E-state index is 0.111. The topological polar surface area (TPSA) is 92.9 Å². The molecule has 0 aliphatic carbocycles. The van der Waals surface area contributed by atoms with E-state index < -0.39 is 0 Å². The van der Waals surface area contributed by atoms with Crippen LogP contribution in [-0.4, -0.2) is 29.0 Å². The Bertz CT molecular complexity index is 841. The quantitative estimate of drug-likeness (QED) is 0.527. The number of aryl methyl sites for hydroxylation is 3. The average Bonchev–Trinajstić information content (AvgIpc) is 2.68. The van der Waals surface area contributed by atoms with Crippen molar-refractivity contribution in [2.24, 2.45) is 0 Å². The van der Waals surface area contributed by atoms with Crippen molar-refractivity contribution < 1.29 is 4.79 Å². The number of carbonyl (C=O) groups excluding carboxylic acids is 1. The molecule has 1 aromatic carbocycles. The fourth-order valence-electron chi connectivity index (χ4n) is 3.15. The van der Waals surface area contributed by atoms with Gasteiger partial charge in [-0.25, -0.2) is 9.97 Å². The Morgan fingerprint density at radius 2 is 1.70 bits per heavy atom. The van der Waals surface area contributed by atoms with Crippen molar-refractivity contribution in [3.63, 3.8) is 0 Å². The molecule has 6 heteroatoms. The molecule has 0 atom stereocenters. The van der Waals surface area contributed by atoms with Gasteiger partial charge in [-0.2, -0.15) is 0 Å². The standard InChI is InChI=1S/C22H31N5O.C2H6/c1-6-8-21(28)25-10-7-9-24-17(5)18-13-19(15(3)11-14(18)2)20-12-16(4)26-22(23)27-20;1-2/h11-13,24H,5-10H2,1-4H3,(H,25,28)(H2,23,26,27);1-2H3. The maximum Gasteiger partial charge on any atom is 0.220 e. The zero-order valence-corrected chi connectivity index (χ0v) is 19.4. The second-order valence-corrected chi connectivity index (χ2v) is 7.09. The molecule has 1 aromatic heterocycles. The summed E-state index contributed by atoms with van der Waals surface area (Å²) in [4.78, 5) is 20.0. The average molecular weight is 412 g/mol. The lowest BCUT2D eigenvalue weighted by Crippen LogP contribution is -2.26. The predicted molar refractivity (Wildman–Crippen MR) is 127 cm³/mol. The summed E-state index contributed by atoms with van der Waals surface area (Å²) in [6, 6.07) is 6.17. The number of carbonyl (C=O) groups is 1. The number of hydrogen-bond donors (Lipinski definition) is 3. The number of anilines is 1. The molecule has 0 bridgehead atoms. The van der Waals surface area contributed by atoms with Gasteiger partial charge >= 0.3 is 0 Å². The highest BCUT2D eigenvalue weighted by Gasteiger charge is 2.11. The van der Waals surface area contributed by atoms with Crippen molar-refractivity contribution in [2.45, 2.75) is 60.8 Å². The molecule has 0 radical (unpaired) electrons. The molecule has 0 saturated heterocycles. The number of aromatic nitrogens is 2. The van der Waals surface area contributed by atoms with Gasteiger partial charge in [0.2, 0.25) is 11.9 Å². The molecule has 0 saturated carbocycles. The lowest BCUT2D eigenvalue weighted by Gasteiger charge is -2.16. The van der Waals surface area contributed by atoms with E-state index in [9.17, 15) is 4.79 Å². The summed E-state index contributed by atoms with van der Waals surface area (Å²) in [6.45, 7) is 17.6. The van der Waals surface area contributed by atoms with E-state index in [1.54, 1.807) is 0 Å². The number of amides is 1. The molecule has 1 heterocycles. The second-order valence-electron chi connectivity index (χ2n) is 7.09. The largest absolute Gasteiger partial charge is 0.385 e. The van der Waals surface area contributed by atoms with Gasteiger partial charge < -0.3 is 16.4 Å². The van der Waals surface area contributed by atoms with Gasteiger partial charge in [-0.15, -0.1) is 0 Å². The summed E-state index contributed by atoms with van der Waals surface area (Å²) in [6.07, 6.45) is 2.29. The molecule has 6 nitrogen and oxygen atoms in total. The molecule has 4 N–H and O–H groups in total. The third-order valence-electron chi connectivity index (χ3n) is 4.54. The highest BCUT2D eigenvalue weighted by molar-refractivity contribution is 5.76. The minimum atomic E-state index is 0.111. The normalized spacial score (nSPS) is 10.1. The summed E-state index contributed by atoms with van der Waals surface area (Å²) < 4.78 is 0. The first kappa shape index (κ1) is 25.1. The van der Waals surface area contributed by atoms with Crippen molar-refractivity contribution in [2.75, 3.05) is 18.8 Å². The number of nitrogens with two attached hydrogens (primary N) is 1. The van der Waals surface area contributed by atoms with E-state index in [0.29, 0.717) is 13.0 Å². The van der Waals surface area contributed by atoms with Gasteiger partial charge in [-0.05, 0) is 56.9 Å². The van der Waals surface area contributed by atoms with Gasteiger partial charge in [0.1, 0.15) is 0 Å². The van der Waals surface area contributed by atoms with Crippen LogP contribution in [0.25, 0.3) is 17.0 Å². The summed E-state index contributed by atoms with van der Waals surface area (Å²) in [7, 11) is 0. The van der Waals surface area contributed by atoms with Gasteiger partial charge in [0.25, 0.3) is 0 Å². The number of rotatable bonds is 9. The van der Waals surface area contributed by atoms with Gasteiger partial charge in [-0.1, -0.05) is 33.4 Å². The van der Waals surface area contributed by atoms with Gasteiger partial charge in [0.15, 0.2) is 0 Å². The van der Waals surface area contributed by atoms with Crippen molar-refractivity contribution in [1.29, 1.82) is 0 Å². The Kier molecular flexibility index (Phi) is 10.6. The van der Waals surface area contributed by atoms with Crippen LogP contribution >= 0.6 is 0 Å². The van der Waals surface area contributed by atoms with E-state index in [4.69, 9.17) is 5.73 Å². The monoisotopic (exact) mass is 411 g/mol. The maximum atomic E-state index is 11.5. The number of nitrogens with zero attached hydrogens (tertiary/aromatic N) is 2. The van der Waals surface area contributed by atoms with Crippen LogP contribution in [0.5, 0.6) is 0 Å². The predicted octanol–water partition coefficient (Wildman–Crippen LogP) is 4.54. The van der Waals surface area contributed by atoms with Gasteiger partial charge in [-0.3, -0.25) is 4.79 Å². The summed E-state index contributed by atoms with van der Waals surface area (Å²) >= 11 is 0. The summed E-state index contributed by atoms with van der Waals surface area (Å²) in [5.74, 6) is 0.387. The fourth-order valence-corrected chi connectivity index (χ4v) is 3.15. The Morgan fingerprint density at radius 1 is 1.03 bits per heavy atom. The Balaban J connectivity index is 0.00000218. The second kappa shape index (κ2) is 12.6.